The molecule has 3 heteroatoms. The van der Waals surface area contributed by atoms with Crippen LogP contribution in [0.4, 0.5) is 0 Å². The number of pyridine rings is 1. The summed E-state index contributed by atoms with van der Waals surface area (Å²) in [6.45, 7) is 4.14. The van der Waals surface area contributed by atoms with Crippen LogP contribution < -0.4 is 4.74 Å². The van der Waals surface area contributed by atoms with E-state index < -0.39 is 0 Å². The zero-order valence-corrected chi connectivity index (χ0v) is 11.7. The molecular formula is C14H14BrNO. The fourth-order valence-corrected chi connectivity index (χ4v) is 2.16. The van der Waals surface area contributed by atoms with Crippen molar-refractivity contribution in [3.05, 3.63) is 46.1 Å². The number of rotatable bonds is 2. The van der Waals surface area contributed by atoms with Crippen LogP contribution in [0, 0.1) is 13.8 Å². The van der Waals surface area contributed by atoms with E-state index >= 15 is 0 Å². The third-order valence-corrected chi connectivity index (χ3v) is 3.31. The van der Waals surface area contributed by atoms with E-state index in [9.17, 15) is 0 Å². The van der Waals surface area contributed by atoms with E-state index in [2.05, 4.69) is 46.9 Å². The van der Waals surface area contributed by atoms with E-state index in [1.54, 1.807) is 7.11 Å². The van der Waals surface area contributed by atoms with Crippen LogP contribution in [0.5, 0.6) is 5.75 Å². The van der Waals surface area contributed by atoms with Gasteiger partial charge in [0.15, 0.2) is 0 Å². The first kappa shape index (κ1) is 12.1. The van der Waals surface area contributed by atoms with Gasteiger partial charge in [-0.15, -0.1) is 0 Å². The predicted molar refractivity (Wildman–Crippen MR) is 73.4 cm³/mol. The third kappa shape index (κ3) is 2.34. The zero-order valence-electron chi connectivity index (χ0n) is 10.1. The highest BCUT2D eigenvalue weighted by Crippen LogP contribution is 2.33. The second-order valence-electron chi connectivity index (χ2n) is 3.93. The summed E-state index contributed by atoms with van der Waals surface area (Å²) in [5.41, 5.74) is 4.32. The lowest BCUT2D eigenvalue weighted by molar-refractivity contribution is 0.413. The van der Waals surface area contributed by atoms with Crippen LogP contribution in [0.15, 0.2) is 34.9 Å². The van der Waals surface area contributed by atoms with Crippen molar-refractivity contribution in [1.29, 1.82) is 0 Å². The molecule has 2 nitrogen and oxygen atoms in total. The van der Waals surface area contributed by atoms with E-state index in [0.29, 0.717) is 0 Å². The highest BCUT2D eigenvalue weighted by atomic mass is 79.9. The molecular weight excluding hydrogens is 278 g/mol. The number of hydrogen-bond acceptors (Lipinski definition) is 2. The molecule has 0 aliphatic heterocycles. The number of hydrogen-bond donors (Lipinski definition) is 0. The first-order valence-electron chi connectivity index (χ1n) is 5.40. The Kier molecular flexibility index (Phi) is 3.48. The Morgan fingerprint density at radius 3 is 2.53 bits per heavy atom. The fourth-order valence-electron chi connectivity index (χ4n) is 1.81. The monoisotopic (exact) mass is 291 g/mol. The van der Waals surface area contributed by atoms with Crippen LogP contribution in [0.25, 0.3) is 11.3 Å². The summed E-state index contributed by atoms with van der Waals surface area (Å²) >= 11 is 3.39. The molecule has 17 heavy (non-hydrogen) atoms. The second-order valence-corrected chi connectivity index (χ2v) is 4.75. The highest BCUT2D eigenvalue weighted by Gasteiger charge is 2.11. The normalized spacial score (nSPS) is 10.4. The number of aromatic nitrogens is 1. The summed E-state index contributed by atoms with van der Waals surface area (Å²) < 4.78 is 6.32. The average molecular weight is 292 g/mol. The van der Waals surface area contributed by atoms with Crippen molar-refractivity contribution in [3.8, 4) is 17.0 Å². The first-order chi connectivity index (χ1) is 8.13. The Hall–Kier alpha value is -1.35. The highest BCUT2D eigenvalue weighted by molar-refractivity contribution is 9.10. The molecule has 0 saturated heterocycles. The Labute approximate surface area is 110 Å². The minimum absolute atomic E-state index is 0.829. The quantitative estimate of drug-likeness (QED) is 0.776. The van der Waals surface area contributed by atoms with Crippen LogP contribution in [0.3, 0.4) is 0 Å². The number of ether oxygens (including phenoxy) is 1. The standard InChI is InChI=1S/C14H14BrNO/c1-9-7-8-11(14(17-3)10(9)2)12-5-4-6-13(15)16-12/h4-8H,1-3H3. The maximum atomic E-state index is 5.50. The molecule has 0 aliphatic carbocycles. The molecule has 0 amide bonds. The van der Waals surface area contributed by atoms with E-state index in [4.69, 9.17) is 4.74 Å². The second kappa shape index (κ2) is 4.88. The number of halogens is 1. The van der Waals surface area contributed by atoms with Crippen molar-refractivity contribution in [2.24, 2.45) is 0 Å². The van der Waals surface area contributed by atoms with Crippen molar-refractivity contribution in [2.45, 2.75) is 13.8 Å². The number of benzene rings is 1. The lowest BCUT2D eigenvalue weighted by atomic mass is 10.0. The molecule has 2 rings (SSSR count). The lowest BCUT2D eigenvalue weighted by Gasteiger charge is -2.13. The molecule has 0 N–H and O–H groups in total. The van der Waals surface area contributed by atoms with Gasteiger partial charge in [0, 0.05) is 5.56 Å². The Bertz CT molecular complexity index is 552. The van der Waals surface area contributed by atoms with E-state index in [1.165, 1.54) is 5.56 Å². The van der Waals surface area contributed by atoms with E-state index in [1.807, 2.05) is 18.2 Å². The maximum absolute atomic E-state index is 5.50. The third-order valence-electron chi connectivity index (χ3n) is 2.87. The molecule has 0 fully saturated rings. The predicted octanol–water partition coefficient (Wildman–Crippen LogP) is 4.14. The molecule has 1 aromatic heterocycles. The number of methoxy groups -OCH3 is 1. The number of nitrogens with zero attached hydrogens (tertiary/aromatic N) is 1. The molecule has 0 atom stereocenters. The van der Waals surface area contributed by atoms with Crippen LogP contribution in [0.2, 0.25) is 0 Å². The molecule has 88 valence electrons. The van der Waals surface area contributed by atoms with Crippen molar-refractivity contribution in [1.82, 2.24) is 4.98 Å². The Balaban J connectivity index is 2.63. The molecule has 1 aromatic carbocycles. The van der Waals surface area contributed by atoms with Crippen LogP contribution in [-0.4, -0.2) is 12.1 Å². The molecule has 2 aromatic rings. The van der Waals surface area contributed by atoms with Crippen molar-refractivity contribution in [3.63, 3.8) is 0 Å². The Morgan fingerprint density at radius 2 is 1.88 bits per heavy atom. The van der Waals surface area contributed by atoms with Gasteiger partial charge in [0.1, 0.15) is 10.4 Å². The van der Waals surface area contributed by atoms with Gasteiger partial charge in [-0.3, -0.25) is 0 Å². The minimum Gasteiger partial charge on any atom is -0.496 e. The molecule has 0 unspecified atom stereocenters. The van der Waals surface area contributed by atoms with Crippen LogP contribution in [-0.2, 0) is 0 Å². The maximum Gasteiger partial charge on any atom is 0.131 e. The summed E-state index contributed by atoms with van der Waals surface area (Å²) in [5.74, 6) is 0.899. The molecule has 1 heterocycles. The van der Waals surface area contributed by atoms with Crippen LogP contribution in [0.1, 0.15) is 11.1 Å². The van der Waals surface area contributed by atoms with Gasteiger partial charge in [0.2, 0.25) is 0 Å². The molecule has 0 saturated carbocycles. The largest absolute Gasteiger partial charge is 0.496 e. The van der Waals surface area contributed by atoms with E-state index in [-0.39, 0.29) is 0 Å². The van der Waals surface area contributed by atoms with Crippen molar-refractivity contribution in [2.75, 3.05) is 7.11 Å². The topological polar surface area (TPSA) is 22.1 Å². The smallest absolute Gasteiger partial charge is 0.131 e. The lowest BCUT2D eigenvalue weighted by Crippen LogP contribution is -1.95. The van der Waals surface area contributed by atoms with Gasteiger partial charge in [-0.2, -0.15) is 0 Å². The first-order valence-corrected chi connectivity index (χ1v) is 6.20. The van der Waals surface area contributed by atoms with Gasteiger partial charge in [-0.05, 0) is 59.1 Å². The van der Waals surface area contributed by atoms with Crippen molar-refractivity contribution >= 4 is 15.9 Å². The zero-order chi connectivity index (χ0) is 12.4. The van der Waals surface area contributed by atoms with Gasteiger partial charge in [-0.1, -0.05) is 12.1 Å². The van der Waals surface area contributed by atoms with Crippen LogP contribution >= 0.6 is 15.9 Å². The molecule has 0 bridgehead atoms. The summed E-state index contributed by atoms with van der Waals surface area (Å²) in [6, 6.07) is 10.0. The summed E-state index contributed by atoms with van der Waals surface area (Å²) in [4.78, 5) is 4.46. The molecule has 0 radical (unpaired) electrons. The summed E-state index contributed by atoms with van der Waals surface area (Å²) in [7, 11) is 1.70. The Morgan fingerprint density at radius 1 is 1.12 bits per heavy atom. The fraction of sp³-hybridized carbons (Fsp3) is 0.214. The minimum atomic E-state index is 0.829. The number of aryl methyl sites for hydroxylation is 1. The van der Waals surface area contributed by atoms with Gasteiger partial charge in [0.05, 0.1) is 12.8 Å². The van der Waals surface area contributed by atoms with Gasteiger partial charge >= 0.3 is 0 Å². The summed E-state index contributed by atoms with van der Waals surface area (Å²) in [6.07, 6.45) is 0. The average Bonchev–Trinajstić information content (AvgIpc) is 2.32. The van der Waals surface area contributed by atoms with Crippen molar-refractivity contribution < 1.29 is 4.74 Å². The van der Waals surface area contributed by atoms with Gasteiger partial charge in [0.25, 0.3) is 0 Å². The molecule has 0 aliphatic rings. The SMILES string of the molecule is COc1c(-c2cccc(Br)n2)ccc(C)c1C. The summed E-state index contributed by atoms with van der Waals surface area (Å²) in [5, 5.41) is 0. The molecule has 0 spiro atoms. The van der Waals surface area contributed by atoms with E-state index in [0.717, 1.165) is 27.2 Å². The van der Waals surface area contributed by atoms with Gasteiger partial charge < -0.3 is 4.74 Å². The van der Waals surface area contributed by atoms with Gasteiger partial charge in [-0.25, -0.2) is 4.98 Å².